The molecule has 0 N–H and O–H groups in total. The Morgan fingerprint density at radius 3 is 2.68 bits per heavy atom. The van der Waals surface area contributed by atoms with E-state index in [-0.39, 0.29) is 5.82 Å². The molecular formula is C18H17ClFN3OS. The van der Waals surface area contributed by atoms with E-state index < -0.39 is 0 Å². The third-order valence-corrected chi connectivity index (χ3v) is 4.68. The van der Waals surface area contributed by atoms with Crippen LogP contribution in [-0.2, 0) is 6.54 Å². The third kappa shape index (κ3) is 4.52. The number of nitrogens with zero attached hydrogens (tertiary/aromatic N) is 3. The smallest absolute Gasteiger partial charge is 0.191 e. The Bertz CT molecular complexity index is 839. The summed E-state index contributed by atoms with van der Waals surface area (Å²) in [6.07, 6.45) is 0. The second-order valence-corrected chi connectivity index (χ2v) is 6.71. The summed E-state index contributed by atoms with van der Waals surface area (Å²) < 4.78 is 20.5. The van der Waals surface area contributed by atoms with Crippen LogP contribution in [0.1, 0.15) is 6.92 Å². The van der Waals surface area contributed by atoms with E-state index in [2.05, 4.69) is 17.1 Å². The second-order valence-electron chi connectivity index (χ2n) is 5.21. The summed E-state index contributed by atoms with van der Waals surface area (Å²) in [7, 11) is 0. The minimum Gasteiger partial charge on any atom is -0.493 e. The summed E-state index contributed by atoms with van der Waals surface area (Å²) in [6, 6.07) is 13.6. The fourth-order valence-corrected chi connectivity index (χ4v) is 3.35. The SMILES string of the molecule is CCn1c(SCCOc2ccc(F)cc2)nnc1-c1cccc(Cl)c1. The first-order valence-electron chi connectivity index (χ1n) is 7.87. The molecule has 0 unspecified atom stereocenters. The summed E-state index contributed by atoms with van der Waals surface area (Å²) in [5, 5.41) is 10.1. The molecule has 1 heterocycles. The van der Waals surface area contributed by atoms with Crippen molar-refractivity contribution in [2.24, 2.45) is 0 Å². The van der Waals surface area contributed by atoms with Crippen molar-refractivity contribution in [3.8, 4) is 17.1 Å². The number of thioether (sulfide) groups is 1. The number of halogens is 2. The van der Waals surface area contributed by atoms with Crippen molar-refractivity contribution in [2.75, 3.05) is 12.4 Å². The van der Waals surface area contributed by atoms with Crippen LogP contribution >= 0.6 is 23.4 Å². The highest BCUT2D eigenvalue weighted by molar-refractivity contribution is 7.99. The van der Waals surface area contributed by atoms with Crippen LogP contribution in [0.15, 0.2) is 53.7 Å². The van der Waals surface area contributed by atoms with E-state index in [4.69, 9.17) is 16.3 Å². The monoisotopic (exact) mass is 377 g/mol. The molecule has 7 heteroatoms. The molecular weight excluding hydrogens is 361 g/mol. The van der Waals surface area contributed by atoms with Crippen LogP contribution in [-0.4, -0.2) is 27.1 Å². The average molecular weight is 378 g/mol. The van der Waals surface area contributed by atoms with Gasteiger partial charge >= 0.3 is 0 Å². The van der Waals surface area contributed by atoms with Gasteiger partial charge in [-0.15, -0.1) is 10.2 Å². The molecule has 0 spiro atoms. The second kappa shape index (κ2) is 8.36. The van der Waals surface area contributed by atoms with Crippen molar-refractivity contribution in [3.63, 3.8) is 0 Å². The zero-order chi connectivity index (χ0) is 17.6. The number of benzene rings is 2. The topological polar surface area (TPSA) is 39.9 Å². The number of hydrogen-bond acceptors (Lipinski definition) is 4. The fraction of sp³-hybridized carbons (Fsp3) is 0.222. The predicted octanol–water partition coefficient (Wildman–Crippen LogP) is 4.93. The number of aromatic nitrogens is 3. The molecule has 1 aromatic heterocycles. The molecule has 0 fully saturated rings. The van der Waals surface area contributed by atoms with Crippen molar-refractivity contribution >= 4 is 23.4 Å². The zero-order valence-electron chi connectivity index (χ0n) is 13.7. The van der Waals surface area contributed by atoms with Gasteiger partial charge in [-0.2, -0.15) is 0 Å². The zero-order valence-corrected chi connectivity index (χ0v) is 15.2. The van der Waals surface area contributed by atoms with Gasteiger partial charge in [0.2, 0.25) is 0 Å². The number of rotatable bonds is 7. The Kier molecular flexibility index (Phi) is 5.94. The molecule has 0 aliphatic rings. The van der Waals surface area contributed by atoms with E-state index in [1.807, 2.05) is 28.8 Å². The lowest BCUT2D eigenvalue weighted by molar-refractivity contribution is 0.343. The van der Waals surface area contributed by atoms with E-state index in [0.29, 0.717) is 23.1 Å². The lowest BCUT2D eigenvalue weighted by Gasteiger charge is -2.08. The summed E-state index contributed by atoms with van der Waals surface area (Å²) in [5.74, 6) is 1.89. The Hall–Kier alpha value is -2.05. The van der Waals surface area contributed by atoms with Gasteiger partial charge in [-0.3, -0.25) is 0 Å². The molecule has 3 rings (SSSR count). The molecule has 0 saturated heterocycles. The summed E-state index contributed by atoms with van der Waals surface area (Å²) in [4.78, 5) is 0. The van der Waals surface area contributed by atoms with Gasteiger partial charge < -0.3 is 9.30 Å². The molecule has 3 aromatic rings. The van der Waals surface area contributed by atoms with Gasteiger partial charge in [0.05, 0.1) is 6.61 Å². The van der Waals surface area contributed by atoms with E-state index in [1.165, 1.54) is 12.1 Å². The molecule has 0 aliphatic carbocycles. The standard InChI is InChI=1S/C18H17ClFN3OS/c1-2-23-17(13-4-3-5-14(19)12-13)21-22-18(23)25-11-10-24-16-8-6-15(20)7-9-16/h3-9,12H,2,10-11H2,1H3. The maximum atomic E-state index is 12.9. The Morgan fingerprint density at radius 2 is 1.96 bits per heavy atom. The van der Waals surface area contributed by atoms with E-state index in [9.17, 15) is 4.39 Å². The van der Waals surface area contributed by atoms with Crippen LogP contribution in [0.25, 0.3) is 11.4 Å². The minimum absolute atomic E-state index is 0.272. The molecule has 0 amide bonds. The van der Waals surface area contributed by atoms with Crippen LogP contribution in [0.3, 0.4) is 0 Å². The van der Waals surface area contributed by atoms with Gasteiger partial charge in [0.15, 0.2) is 11.0 Å². The molecule has 2 aromatic carbocycles. The van der Waals surface area contributed by atoms with Gasteiger partial charge in [-0.1, -0.05) is 35.5 Å². The molecule has 0 aliphatic heterocycles. The lowest BCUT2D eigenvalue weighted by atomic mass is 10.2. The van der Waals surface area contributed by atoms with Gasteiger partial charge in [-0.05, 0) is 43.3 Å². The lowest BCUT2D eigenvalue weighted by Crippen LogP contribution is -2.03. The first kappa shape index (κ1) is 17.8. The van der Waals surface area contributed by atoms with E-state index in [1.54, 1.807) is 23.9 Å². The number of hydrogen-bond donors (Lipinski definition) is 0. The normalized spacial score (nSPS) is 10.8. The van der Waals surface area contributed by atoms with E-state index >= 15 is 0 Å². The molecule has 0 saturated carbocycles. The van der Waals surface area contributed by atoms with Crippen LogP contribution in [0.4, 0.5) is 4.39 Å². The minimum atomic E-state index is -0.272. The molecule has 0 atom stereocenters. The van der Waals surface area contributed by atoms with Crippen LogP contribution in [0.5, 0.6) is 5.75 Å². The summed E-state index contributed by atoms with van der Waals surface area (Å²) >= 11 is 7.64. The van der Waals surface area contributed by atoms with Crippen molar-refractivity contribution in [1.29, 1.82) is 0 Å². The molecule has 25 heavy (non-hydrogen) atoms. The highest BCUT2D eigenvalue weighted by Gasteiger charge is 2.13. The Balaban J connectivity index is 1.62. The molecule has 0 radical (unpaired) electrons. The Labute approximate surface area is 155 Å². The van der Waals surface area contributed by atoms with Crippen molar-refractivity contribution < 1.29 is 9.13 Å². The average Bonchev–Trinajstić information content (AvgIpc) is 3.03. The van der Waals surface area contributed by atoms with Crippen LogP contribution < -0.4 is 4.74 Å². The van der Waals surface area contributed by atoms with Crippen molar-refractivity contribution in [1.82, 2.24) is 14.8 Å². The summed E-state index contributed by atoms with van der Waals surface area (Å²) in [6.45, 7) is 3.31. The van der Waals surface area contributed by atoms with Crippen molar-refractivity contribution in [3.05, 3.63) is 59.4 Å². The first-order valence-corrected chi connectivity index (χ1v) is 9.24. The predicted molar refractivity (Wildman–Crippen MR) is 98.8 cm³/mol. The summed E-state index contributed by atoms with van der Waals surface area (Å²) in [5.41, 5.74) is 0.941. The van der Waals surface area contributed by atoms with Gasteiger partial charge in [-0.25, -0.2) is 4.39 Å². The molecule has 130 valence electrons. The van der Waals surface area contributed by atoms with Gasteiger partial charge in [0, 0.05) is 22.9 Å². The number of ether oxygens (including phenoxy) is 1. The van der Waals surface area contributed by atoms with E-state index in [0.717, 1.165) is 23.1 Å². The first-order chi connectivity index (χ1) is 12.2. The Morgan fingerprint density at radius 1 is 1.16 bits per heavy atom. The van der Waals surface area contributed by atoms with Crippen molar-refractivity contribution in [2.45, 2.75) is 18.6 Å². The molecule has 4 nitrogen and oxygen atoms in total. The highest BCUT2D eigenvalue weighted by Crippen LogP contribution is 2.25. The van der Waals surface area contributed by atoms with Gasteiger partial charge in [0.25, 0.3) is 0 Å². The van der Waals surface area contributed by atoms with Crippen LogP contribution in [0, 0.1) is 5.82 Å². The fourth-order valence-electron chi connectivity index (χ4n) is 2.34. The third-order valence-electron chi connectivity index (χ3n) is 3.51. The molecule has 0 bridgehead atoms. The van der Waals surface area contributed by atoms with Crippen LogP contribution in [0.2, 0.25) is 5.02 Å². The quantitative estimate of drug-likeness (QED) is 0.432. The highest BCUT2D eigenvalue weighted by atomic mass is 35.5. The van der Waals surface area contributed by atoms with Gasteiger partial charge in [0.1, 0.15) is 11.6 Å². The maximum absolute atomic E-state index is 12.9. The largest absolute Gasteiger partial charge is 0.493 e. The maximum Gasteiger partial charge on any atom is 0.191 e.